The molecule has 1 atom stereocenters. The number of ether oxygens (including phenoxy) is 1. The molecule has 0 spiro atoms. The van der Waals surface area contributed by atoms with Crippen LogP contribution in [0.3, 0.4) is 0 Å². The van der Waals surface area contributed by atoms with Crippen LogP contribution in [0.5, 0.6) is 0 Å². The van der Waals surface area contributed by atoms with Gasteiger partial charge in [0.2, 0.25) is 0 Å². The first-order valence-electron chi connectivity index (χ1n) is 14.5. The van der Waals surface area contributed by atoms with Gasteiger partial charge in [-0.2, -0.15) is 0 Å². The molecule has 0 aromatic rings. The number of hydrogen-bond acceptors (Lipinski definition) is 3. The van der Waals surface area contributed by atoms with E-state index in [2.05, 4.69) is 32.9 Å². The Morgan fingerprint density at radius 1 is 0.727 bits per heavy atom. The fourth-order valence-electron chi connectivity index (χ4n) is 4.15. The minimum atomic E-state index is -0.165. The van der Waals surface area contributed by atoms with Crippen molar-refractivity contribution in [2.24, 2.45) is 5.92 Å². The van der Waals surface area contributed by atoms with Crippen molar-refractivity contribution in [1.82, 2.24) is 0 Å². The van der Waals surface area contributed by atoms with Crippen molar-refractivity contribution >= 4 is 5.97 Å². The van der Waals surface area contributed by atoms with Crippen molar-refractivity contribution in [3.05, 3.63) is 12.2 Å². The van der Waals surface area contributed by atoms with Crippen LogP contribution in [0.2, 0.25) is 0 Å². The van der Waals surface area contributed by atoms with E-state index in [0.29, 0.717) is 13.0 Å². The Balaban J connectivity index is 3.30. The molecule has 3 nitrogen and oxygen atoms in total. The lowest BCUT2D eigenvalue weighted by Crippen LogP contribution is -2.05. The van der Waals surface area contributed by atoms with Gasteiger partial charge in [0.1, 0.15) is 0 Å². The van der Waals surface area contributed by atoms with E-state index in [-0.39, 0.29) is 12.1 Å². The van der Waals surface area contributed by atoms with E-state index < -0.39 is 0 Å². The van der Waals surface area contributed by atoms with Crippen molar-refractivity contribution in [2.75, 3.05) is 6.61 Å². The highest BCUT2D eigenvalue weighted by Gasteiger charge is 2.03. The van der Waals surface area contributed by atoms with E-state index >= 15 is 0 Å². The van der Waals surface area contributed by atoms with E-state index in [1.54, 1.807) is 0 Å². The van der Waals surface area contributed by atoms with Crippen LogP contribution >= 0.6 is 0 Å². The van der Waals surface area contributed by atoms with E-state index in [9.17, 15) is 9.90 Å². The summed E-state index contributed by atoms with van der Waals surface area (Å²) in [6.45, 7) is 7.42. The molecule has 0 aliphatic heterocycles. The Morgan fingerprint density at radius 3 is 2.00 bits per heavy atom. The van der Waals surface area contributed by atoms with E-state index in [1.807, 2.05) is 0 Å². The van der Waals surface area contributed by atoms with Gasteiger partial charge in [-0.1, -0.05) is 123 Å². The fraction of sp³-hybridized carbons (Fsp3) is 0.900. The predicted octanol–water partition coefficient (Wildman–Crippen LogP) is 9.31. The van der Waals surface area contributed by atoms with Gasteiger partial charge in [0, 0.05) is 6.42 Å². The summed E-state index contributed by atoms with van der Waals surface area (Å²) < 4.78 is 5.37. The molecule has 3 heteroatoms. The minimum Gasteiger partial charge on any atom is -0.466 e. The number of allylic oxidation sites excluding steroid dienone is 1. The first kappa shape index (κ1) is 32.2. The van der Waals surface area contributed by atoms with Crippen molar-refractivity contribution in [1.29, 1.82) is 0 Å². The van der Waals surface area contributed by atoms with Gasteiger partial charge in [-0.25, -0.2) is 0 Å². The third-order valence-electron chi connectivity index (χ3n) is 6.41. The second kappa shape index (κ2) is 25.8. The lowest BCUT2D eigenvalue weighted by atomic mass is 10.0. The molecule has 0 aliphatic carbocycles. The molecule has 1 N–H and O–H groups in total. The van der Waals surface area contributed by atoms with Gasteiger partial charge in [-0.15, -0.1) is 0 Å². The summed E-state index contributed by atoms with van der Waals surface area (Å²) in [6, 6.07) is 0. The molecular formula is C30H58O3. The summed E-state index contributed by atoms with van der Waals surface area (Å²) in [5.41, 5.74) is 0. The number of esters is 1. The quantitative estimate of drug-likeness (QED) is 0.0828. The molecule has 0 aliphatic rings. The van der Waals surface area contributed by atoms with Crippen LogP contribution in [0.1, 0.15) is 156 Å². The summed E-state index contributed by atoms with van der Waals surface area (Å²) in [6.07, 6.45) is 28.5. The number of hydrogen-bond donors (Lipinski definition) is 1. The van der Waals surface area contributed by atoms with Crippen LogP contribution in [0.25, 0.3) is 0 Å². The summed E-state index contributed by atoms with van der Waals surface area (Å²) in [5, 5.41) is 9.95. The Bertz CT molecular complexity index is 430. The van der Waals surface area contributed by atoms with E-state index in [1.165, 1.54) is 83.5 Å². The summed E-state index contributed by atoms with van der Waals surface area (Å²) in [5.74, 6) is 0.822. The Morgan fingerprint density at radius 2 is 1.30 bits per heavy atom. The number of aliphatic hydroxyl groups excluding tert-OH is 1. The topological polar surface area (TPSA) is 46.5 Å². The summed E-state index contributed by atoms with van der Waals surface area (Å²) in [7, 11) is 0. The molecule has 33 heavy (non-hydrogen) atoms. The Hall–Kier alpha value is -0.830. The van der Waals surface area contributed by atoms with Crippen LogP contribution in [-0.4, -0.2) is 23.8 Å². The van der Waals surface area contributed by atoms with Gasteiger partial charge in [-0.3, -0.25) is 4.79 Å². The predicted molar refractivity (Wildman–Crippen MR) is 144 cm³/mol. The van der Waals surface area contributed by atoms with Gasteiger partial charge in [-0.05, 0) is 44.4 Å². The van der Waals surface area contributed by atoms with E-state index in [0.717, 1.165) is 50.9 Å². The number of carbonyl (C=O) groups excluding carboxylic acids is 1. The summed E-state index contributed by atoms with van der Waals surface area (Å²) >= 11 is 0. The van der Waals surface area contributed by atoms with Crippen LogP contribution in [-0.2, 0) is 9.53 Å². The van der Waals surface area contributed by atoms with Crippen LogP contribution in [0.4, 0.5) is 0 Å². The van der Waals surface area contributed by atoms with Crippen molar-refractivity contribution in [3.63, 3.8) is 0 Å². The van der Waals surface area contributed by atoms with Crippen LogP contribution in [0, 0.1) is 5.92 Å². The number of aliphatic hydroxyl groups is 1. The van der Waals surface area contributed by atoms with Gasteiger partial charge in [0.05, 0.1) is 12.7 Å². The fourth-order valence-corrected chi connectivity index (χ4v) is 4.15. The maximum atomic E-state index is 11.8. The van der Waals surface area contributed by atoms with Gasteiger partial charge in [0.25, 0.3) is 0 Å². The molecule has 0 saturated heterocycles. The normalized spacial score (nSPS) is 12.6. The molecule has 0 radical (unpaired) electrons. The molecular weight excluding hydrogens is 408 g/mol. The number of unbranched alkanes of at least 4 members (excludes halogenated alkanes) is 14. The molecule has 0 rings (SSSR count). The zero-order valence-electron chi connectivity index (χ0n) is 22.6. The molecule has 0 fully saturated rings. The average molecular weight is 467 g/mol. The lowest BCUT2D eigenvalue weighted by Gasteiger charge is -2.07. The van der Waals surface area contributed by atoms with Crippen molar-refractivity contribution < 1.29 is 14.6 Å². The second-order valence-electron chi connectivity index (χ2n) is 10.4. The standard InChI is InChI=1S/C30H58O3/c1-4-5-6-19-24-29(31)25-20-15-11-7-8-12-16-21-26-30(32)33-27-22-17-13-9-10-14-18-23-28(2)3/h15,20,28-29,31H,4-14,16-19,21-27H2,1-3H3/t29-/m1/s1. The zero-order chi connectivity index (χ0) is 24.4. The highest BCUT2D eigenvalue weighted by Crippen LogP contribution is 2.13. The Kier molecular flexibility index (Phi) is 25.1. The highest BCUT2D eigenvalue weighted by atomic mass is 16.5. The molecule has 0 aromatic heterocycles. The number of carbonyl (C=O) groups is 1. The lowest BCUT2D eigenvalue weighted by molar-refractivity contribution is -0.143. The first-order valence-corrected chi connectivity index (χ1v) is 14.5. The minimum absolute atomic E-state index is 0.0140. The van der Waals surface area contributed by atoms with Gasteiger partial charge >= 0.3 is 5.97 Å². The van der Waals surface area contributed by atoms with Crippen LogP contribution in [0.15, 0.2) is 12.2 Å². The van der Waals surface area contributed by atoms with Crippen molar-refractivity contribution in [2.45, 2.75) is 162 Å². The molecule has 0 aromatic carbocycles. The number of rotatable bonds is 25. The maximum Gasteiger partial charge on any atom is 0.305 e. The van der Waals surface area contributed by atoms with Crippen molar-refractivity contribution in [3.8, 4) is 0 Å². The highest BCUT2D eigenvalue weighted by molar-refractivity contribution is 5.69. The summed E-state index contributed by atoms with van der Waals surface area (Å²) in [4.78, 5) is 11.8. The smallest absolute Gasteiger partial charge is 0.305 e. The monoisotopic (exact) mass is 466 g/mol. The molecule has 0 saturated carbocycles. The third-order valence-corrected chi connectivity index (χ3v) is 6.41. The molecule has 0 unspecified atom stereocenters. The average Bonchev–Trinajstić information content (AvgIpc) is 2.79. The maximum absolute atomic E-state index is 11.8. The largest absolute Gasteiger partial charge is 0.466 e. The molecule has 0 heterocycles. The molecule has 0 bridgehead atoms. The van der Waals surface area contributed by atoms with Gasteiger partial charge in [0.15, 0.2) is 0 Å². The molecule has 0 amide bonds. The third kappa shape index (κ3) is 27.3. The first-order chi connectivity index (χ1) is 16.1. The SMILES string of the molecule is CCCCCC[C@@H](O)CC=CCCCCCCCC(=O)OCCCCCCCCCC(C)C. The molecule has 196 valence electrons. The van der Waals surface area contributed by atoms with E-state index in [4.69, 9.17) is 4.74 Å². The van der Waals surface area contributed by atoms with Crippen LogP contribution < -0.4 is 0 Å². The second-order valence-corrected chi connectivity index (χ2v) is 10.4. The Labute approximate surface area is 207 Å². The zero-order valence-corrected chi connectivity index (χ0v) is 22.6. The van der Waals surface area contributed by atoms with Gasteiger partial charge < -0.3 is 9.84 Å².